The van der Waals surface area contributed by atoms with Crippen molar-refractivity contribution >= 4 is 11.6 Å². The molecule has 0 unspecified atom stereocenters. The van der Waals surface area contributed by atoms with Gasteiger partial charge in [-0.25, -0.2) is 4.39 Å². The highest BCUT2D eigenvalue weighted by molar-refractivity contribution is 6.31. The maximum atomic E-state index is 13.2. The molecule has 0 aromatic heterocycles. The van der Waals surface area contributed by atoms with Crippen LogP contribution >= 0.6 is 11.6 Å². The molecule has 152 valence electrons. The van der Waals surface area contributed by atoms with Crippen LogP contribution in [0.4, 0.5) is 4.39 Å². The molecule has 3 rings (SSSR count). The van der Waals surface area contributed by atoms with Crippen LogP contribution in [0.5, 0.6) is 11.5 Å². The van der Waals surface area contributed by atoms with Crippen molar-refractivity contribution in [2.75, 3.05) is 46.4 Å². The Morgan fingerprint density at radius 1 is 1.18 bits per heavy atom. The predicted molar refractivity (Wildman–Crippen MR) is 110 cm³/mol. The van der Waals surface area contributed by atoms with Gasteiger partial charge in [0.1, 0.15) is 12.4 Å². The summed E-state index contributed by atoms with van der Waals surface area (Å²) in [7, 11) is 1.62. The molecule has 1 aliphatic rings. The number of para-hydroxylation sites is 1. The molecule has 1 aliphatic heterocycles. The average molecular weight is 408 g/mol. The third-order valence-electron chi connectivity index (χ3n) is 4.80. The van der Waals surface area contributed by atoms with Crippen LogP contribution in [-0.2, 0) is 13.2 Å². The Hall–Kier alpha value is -1.86. The van der Waals surface area contributed by atoms with Gasteiger partial charge < -0.3 is 20.1 Å². The van der Waals surface area contributed by atoms with E-state index in [0.717, 1.165) is 50.4 Å². The normalized spacial score (nSPS) is 14.8. The lowest BCUT2D eigenvalue weighted by Gasteiger charge is -2.27. The van der Waals surface area contributed by atoms with Gasteiger partial charge >= 0.3 is 0 Å². The summed E-state index contributed by atoms with van der Waals surface area (Å²) < 4.78 is 24.7. The monoisotopic (exact) mass is 407 g/mol. The topological polar surface area (TPSA) is 45.8 Å². The standard InChI is InChI=1S/C21H27ClFN3O2/c1-27-20-4-2-3-16(14-25-9-12-26-10-7-24-8-11-26)21(20)28-15-17-5-6-18(23)13-19(17)22/h2-6,13,24-25H,7-12,14-15H2,1H3. The van der Waals surface area contributed by atoms with Gasteiger partial charge in [0.25, 0.3) is 0 Å². The third kappa shape index (κ3) is 5.82. The minimum absolute atomic E-state index is 0.243. The SMILES string of the molecule is COc1cccc(CNCCN2CCNCC2)c1OCc1ccc(F)cc1Cl. The number of nitrogens with zero attached hydrogens (tertiary/aromatic N) is 1. The van der Waals surface area contributed by atoms with Crippen LogP contribution in [0.3, 0.4) is 0 Å². The Balaban J connectivity index is 1.59. The van der Waals surface area contributed by atoms with Gasteiger partial charge in [-0.3, -0.25) is 4.90 Å². The Bertz CT molecular complexity index is 769. The molecule has 0 saturated carbocycles. The summed E-state index contributed by atoms with van der Waals surface area (Å²) in [5.74, 6) is 0.986. The molecular weight excluding hydrogens is 381 g/mol. The summed E-state index contributed by atoms with van der Waals surface area (Å²) in [5.41, 5.74) is 1.74. The first kappa shape index (κ1) is 20.9. The lowest BCUT2D eigenvalue weighted by atomic mass is 10.1. The van der Waals surface area contributed by atoms with Crippen molar-refractivity contribution < 1.29 is 13.9 Å². The van der Waals surface area contributed by atoms with Gasteiger partial charge in [-0.05, 0) is 18.2 Å². The molecule has 1 saturated heterocycles. The third-order valence-corrected chi connectivity index (χ3v) is 5.15. The summed E-state index contributed by atoms with van der Waals surface area (Å²) >= 11 is 6.11. The van der Waals surface area contributed by atoms with Crippen molar-refractivity contribution in [1.29, 1.82) is 0 Å². The summed E-state index contributed by atoms with van der Waals surface area (Å²) in [6.45, 7) is 7.14. The first-order chi connectivity index (χ1) is 13.7. The van der Waals surface area contributed by atoms with Gasteiger partial charge in [-0.1, -0.05) is 29.8 Å². The van der Waals surface area contributed by atoms with E-state index in [4.69, 9.17) is 21.1 Å². The molecule has 0 aliphatic carbocycles. The Kier molecular flexibility index (Phi) is 7.91. The van der Waals surface area contributed by atoms with E-state index >= 15 is 0 Å². The van der Waals surface area contributed by atoms with E-state index in [-0.39, 0.29) is 12.4 Å². The van der Waals surface area contributed by atoms with Crippen LogP contribution in [0.2, 0.25) is 5.02 Å². The largest absolute Gasteiger partial charge is 0.493 e. The molecule has 7 heteroatoms. The van der Waals surface area contributed by atoms with Gasteiger partial charge in [0.2, 0.25) is 0 Å². The fourth-order valence-electron chi connectivity index (χ4n) is 3.21. The molecule has 28 heavy (non-hydrogen) atoms. The van der Waals surface area contributed by atoms with Crippen molar-refractivity contribution in [2.45, 2.75) is 13.2 Å². The molecule has 0 bridgehead atoms. The van der Waals surface area contributed by atoms with Crippen molar-refractivity contribution in [3.8, 4) is 11.5 Å². The number of piperazine rings is 1. The van der Waals surface area contributed by atoms with E-state index < -0.39 is 0 Å². The van der Waals surface area contributed by atoms with E-state index in [1.54, 1.807) is 13.2 Å². The van der Waals surface area contributed by atoms with E-state index in [1.807, 2.05) is 18.2 Å². The molecule has 0 radical (unpaired) electrons. The van der Waals surface area contributed by atoms with Crippen LogP contribution in [0.25, 0.3) is 0 Å². The Labute approximate surface area is 170 Å². The lowest BCUT2D eigenvalue weighted by molar-refractivity contribution is 0.240. The average Bonchev–Trinajstić information content (AvgIpc) is 2.71. The van der Waals surface area contributed by atoms with Crippen LogP contribution in [0.15, 0.2) is 36.4 Å². The zero-order chi connectivity index (χ0) is 19.8. The predicted octanol–water partition coefficient (Wildman–Crippen LogP) is 3.06. The molecule has 2 N–H and O–H groups in total. The minimum atomic E-state index is -0.361. The molecule has 0 spiro atoms. The van der Waals surface area contributed by atoms with E-state index in [2.05, 4.69) is 15.5 Å². The molecule has 1 heterocycles. The van der Waals surface area contributed by atoms with E-state index in [9.17, 15) is 4.39 Å². The second-order valence-electron chi connectivity index (χ2n) is 6.74. The van der Waals surface area contributed by atoms with Gasteiger partial charge in [0, 0.05) is 56.9 Å². The number of rotatable bonds is 9. The number of benzene rings is 2. The molecule has 0 amide bonds. The number of ether oxygens (including phenoxy) is 2. The smallest absolute Gasteiger partial charge is 0.166 e. The Morgan fingerprint density at radius 2 is 2.00 bits per heavy atom. The van der Waals surface area contributed by atoms with Crippen molar-refractivity contribution in [3.63, 3.8) is 0 Å². The molecule has 5 nitrogen and oxygen atoms in total. The van der Waals surface area contributed by atoms with Crippen LogP contribution in [-0.4, -0.2) is 51.3 Å². The molecular formula is C21H27ClFN3O2. The maximum Gasteiger partial charge on any atom is 0.166 e. The van der Waals surface area contributed by atoms with Gasteiger partial charge in [-0.15, -0.1) is 0 Å². The van der Waals surface area contributed by atoms with E-state index in [0.29, 0.717) is 23.1 Å². The summed E-state index contributed by atoms with van der Waals surface area (Å²) in [4.78, 5) is 2.45. The van der Waals surface area contributed by atoms with Crippen molar-refractivity contribution in [2.24, 2.45) is 0 Å². The molecule has 2 aromatic carbocycles. The van der Waals surface area contributed by atoms with Crippen LogP contribution in [0.1, 0.15) is 11.1 Å². The fourth-order valence-corrected chi connectivity index (χ4v) is 3.43. The highest BCUT2D eigenvalue weighted by atomic mass is 35.5. The van der Waals surface area contributed by atoms with Gasteiger partial charge in [0.05, 0.1) is 12.1 Å². The maximum absolute atomic E-state index is 13.2. The fraction of sp³-hybridized carbons (Fsp3) is 0.429. The van der Waals surface area contributed by atoms with Crippen LogP contribution < -0.4 is 20.1 Å². The summed E-state index contributed by atoms with van der Waals surface area (Å²) in [5, 5.41) is 7.20. The molecule has 0 atom stereocenters. The number of hydrogen-bond donors (Lipinski definition) is 2. The highest BCUT2D eigenvalue weighted by Crippen LogP contribution is 2.32. The molecule has 1 fully saturated rings. The minimum Gasteiger partial charge on any atom is -0.493 e. The number of hydrogen-bond acceptors (Lipinski definition) is 5. The van der Waals surface area contributed by atoms with Crippen molar-refractivity contribution in [3.05, 3.63) is 58.4 Å². The number of nitrogens with one attached hydrogen (secondary N) is 2. The van der Waals surface area contributed by atoms with E-state index in [1.165, 1.54) is 12.1 Å². The summed E-state index contributed by atoms with van der Waals surface area (Å²) in [6, 6.07) is 10.1. The van der Waals surface area contributed by atoms with Crippen LogP contribution in [0, 0.1) is 5.82 Å². The first-order valence-corrected chi connectivity index (χ1v) is 9.91. The number of halogens is 2. The van der Waals surface area contributed by atoms with Crippen molar-refractivity contribution in [1.82, 2.24) is 15.5 Å². The zero-order valence-corrected chi connectivity index (χ0v) is 16.9. The second-order valence-corrected chi connectivity index (χ2v) is 7.15. The van der Waals surface area contributed by atoms with Gasteiger partial charge in [-0.2, -0.15) is 0 Å². The zero-order valence-electron chi connectivity index (χ0n) is 16.1. The first-order valence-electron chi connectivity index (χ1n) is 9.54. The quantitative estimate of drug-likeness (QED) is 0.625. The highest BCUT2D eigenvalue weighted by Gasteiger charge is 2.13. The second kappa shape index (κ2) is 10.6. The Morgan fingerprint density at radius 3 is 2.75 bits per heavy atom. The number of methoxy groups -OCH3 is 1. The lowest BCUT2D eigenvalue weighted by Crippen LogP contribution is -2.45. The van der Waals surface area contributed by atoms with Gasteiger partial charge in [0.15, 0.2) is 11.5 Å². The molecule has 2 aromatic rings. The summed E-state index contributed by atoms with van der Waals surface area (Å²) in [6.07, 6.45) is 0.